The number of fused-ring (bicyclic) bond motifs is 1. The molecule has 22 nitrogen and oxygen atoms in total. The average Bonchev–Trinajstić information content (AvgIpc) is 3.26. The fraction of sp³-hybridized carbons (Fsp3) is 0.500. The summed E-state index contributed by atoms with van der Waals surface area (Å²) in [4.78, 5) is 100. The second-order valence-corrected chi connectivity index (χ2v) is 20.5. The van der Waals surface area contributed by atoms with Crippen molar-refractivity contribution < 1.29 is 65.6 Å². The molecule has 0 bridgehead atoms. The molecule has 8 rings (SSSR count). The number of hydrogen-bond donors (Lipinski definition) is 5. The molecule has 3 saturated heterocycles. The number of imide groups is 2. The molecule has 5 heterocycles. The molecule has 4 aromatic rings. The Morgan fingerprint density at radius 1 is 0.687 bits per heavy atom. The zero-order valence-corrected chi connectivity index (χ0v) is 46.7. The number of aromatic amines is 1. The Morgan fingerprint density at radius 3 is 2.02 bits per heavy atom. The van der Waals surface area contributed by atoms with E-state index >= 15 is 0 Å². The number of H-pyrrole nitrogens is 1. The quantitative estimate of drug-likeness (QED) is 0.0369. The van der Waals surface area contributed by atoms with E-state index in [1.165, 1.54) is 0 Å². The summed E-state index contributed by atoms with van der Waals surface area (Å²) >= 11 is 0. The van der Waals surface area contributed by atoms with Crippen LogP contribution in [0, 0.1) is 0 Å². The average molecular weight is 1160 g/mol. The molecule has 1 unspecified atom stereocenters. The van der Waals surface area contributed by atoms with Crippen molar-refractivity contribution in [1.82, 2.24) is 35.2 Å². The highest BCUT2D eigenvalue weighted by Crippen LogP contribution is 2.36. The van der Waals surface area contributed by atoms with E-state index in [2.05, 4.69) is 58.0 Å². The van der Waals surface area contributed by atoms with Crippen LogP contribution in [0.5, 0.6) is 0 Å². The Bertz CT molecular complexity index is 2950. The van der Waals surface area contributed by atoms with Gasteiger partial charge in [0.05, 0.1) is 99.7 Å². The van der Waals surface area contributed by atoms with Crippen LogP contribution in [-0.2, 0) is 50.8 Å². The van der Waals surface area contributed by atoms with E-state index in [1.807, 2.05) is 31.3 Å². The molecule has 4 aliphatic heterocycles. The number of piperidine rings is 1. The number of hydrogen-bond acceptors (Lipinski definition) is 17. The maximum absolute atomic E-state index is 13.9. The first kappa shape index (κ1) is 62.0. The fourth-order valence-electron chi connectivity index (χ4n) is 10.2. The molecule has 448 valence electrons. The molecule has 0 saturated carbocycles. The van der Waals surface area contributed by atoms with Gasteiger partial charge in [0, 0.05) is 103 Å². The van der Waals surface area contributed by atoms with Gasteiger partial charge in [-0.2, -0.15) is 13.2 Å². The van der Waals surface area contributed by atoms with E-state index in [0.717, 1.165) is 86.6 Å². The van der Waals surface area contributed by atoms with Gasteiger partial charge in [0.2, 0.25) is 23.3 Å². The molecule has 6 amide bonds. The van der Waals surface area contributed by atoms with Gasteiger partial charge in [-0.15, -0.1) is 0 Å². The third kappa shape index (κ3) is 17.7. The number of nitrogens with one attached hydrogen (secondary N) is 5. The number of ether oxygens (including phenoxy) is 5. The van der Waals surface area contributed by atoms with Crippen LogP contribution in [0.2, 0.25) is 0 Å². The first-order chi connectivity index (χ1) is 40.1. The summed E-state index contributed by atoms with van der Waals surface area (Å²) in [6, 6.07) is 18.0. The minimum Gasteiger partial charge on any atom is -0.382 e. The Morgan fingerprint density at radius 2 is 1.34 bits per heavy atom. The zero-order valence-electron chi connectivity index (χ0n) is 46.7. The van der Waals surface area contributed by atoms with Crippen molar-refractivity contribution in [2.24, 2.45) is 0 Å². The zero-order chi connectivity index (χ0) is 58.7. The van der Waals surface area contributed by atoms with Gasteiger partial charge in [-0.25, -0.2) is 0 Å². The second-order valence-electron chi connectivity index (χ2n) is 20.5. The molecule has 25 heteroatoms. The Labute approximate surface area is 479 Å². The molecule has 3 aromatic carbocycles. The summed E-state index contributed by atoms with van der Waals surface area (Å²) in [5.74, 6) is -3.28. The van der Waals surface area contributed by atoms with Crippen molar-refractivity contribution in [1.29, 1.82) is 0 Å². The summed E-state index contributed by atoms with van der Waals surface area (Å²) in [5.41, 5.74) is 1.78. The summed E-state index contributed by atoms with van der Waals surface area (Å²) in [5, 5.41) is 11.0. The third-order valence-electron chi connectivity index (χ3n) is 14.7. The fourth-order valence-corrected chi connectivity index (χ4v) is 10.2. The topological polar surface area (TPSA) is 246 Å². The van der Waals surface area contributed by atoms with Crippen LogP contribution in [0.25, 0.3) is 11.1 Å². The lowest BCUT2D eigenvalue weighted by Gasteiger charge is -2.35. The molecule has 0 spiro atoms. The lowest BCUT2D eigenvalue weighted by atomic mass is 10.0. The Balaban J connectivity index is 0.623. The molecular weight excluding hydrogens is 1090 g/mol. The van der Waals surface area contributed by atoms with Crippen molar-refractivity contribution >= 4 is 52.5 Å². The van der Waals surface area contributed by atoms with Crippen LogP contribution in [0.15, 0.2) is 77.7 Å². The Kier molecular flexibility index (Phi) is 22.7. The smallest absolute Gasteiger partial charge is 0.382 e. The van der Waals surface area contributed by atoms with Crippen molar-refractivity contribution in [2.45, 2.75) is 44.4 Å². The van der Waals surface area contributed by atoms with Gasteiger partial charge in [-0.1, -0.05) is 30.3 Å². The number of halogens is 3. The molecule has 1 aromatic heterocycles. The van der Waals surface area contributed by atoms with Gasteiger partial charge in [-0.05, 0) is 73.5 Å². The Hall–Kier alpha value is -7.10. The van der Waals surface area contributed by atoms with E-state index < -0.39 is 58.4 Å². The summed E-state index contributed by atoms with van der Waals surface area (Å²) < 4.78 is 69.6. The summed E-state index contributed by atoms with van der Waals surface area (Å²) in [6.45, 7) is 12.5. The largest absolute Gasteiger partial charge is 0.417 e. The predicted molar refractivity (Wildman–Crippen MR) is 301 cm³/mol. The lowest BCUT2D eigenvalue weighted by Crippen LogP contribution is -2.54. The number of likely N-dealkylation sites (N-methyl/N-ethyl adjacent to an activating group) is 1. The van der Waals surface area contributed by atoms with Gasteiger partial charge in [-0.3, -0.25) is 48.7 Å². The van der Waals surface area contributed by atoms with Gasteiger partial charge in [0.25, 0.3) is 17.7 Å². The maximum Gasteiger partial charge on any atom is 0.417 e. The van der Waals surface area contributed by atoms with Crippen LogP contribution >= 0.6 is 0 Å². The van der Waals surface area contributed by atoms with Crippen LogP contribution in [0.3, 0.4) is 0 Å². The SMILES string of the molecule is CN1CCN(c2ccc(-c3cccc(CN4CCN(CCCNC(=O)CCOCCOCCOCCOCCOCCNc5cccc6c5C(=O)N(C5CCC(=O)NC5=O)C6=O)CC4)c3)cc2NC(=O)c2c[nH]c(=O)cc2C(F)(F)F)CC1. The number of anilines is 3. The van der Waals surface area contributed by atoms with E-state index in [-0.39, 0.29) is 42.9 Å². The number of carbonyl (C=O) groups excluding carboxylic acids is 6. The molecular formula is C58H73F3N10O12. The number of benzene rings is 3. The van der Waals surface area contributed by atoms with Crippen molar-refractivity contribution in [3.8, 4) is 11.1 Å². The van der Waals surface area contributed by atoms with Crippen LogP contribution < -0.4 is 31.7 Å². The molecule has 3 fully saturated rings. The van der Waals surface area contributed by atoms with E-state index in [4.69, 9.17) is 23.7 Å². The number of aromatic nitrogens is 1. The number of amides is 6. The third-order valence-corrected chi connectivity index (χ3v) is 14.7. The van der Waals surface area contributed by atoms with Gasteiger partial charge in [0.15, 0.2) is 0 Å². The highest BCUT2D eigenvalue weighted by atomic mass is 19.4. The minimum absolute atomic E-state index is 0.0480. The van der Waals surface area contributed by atoms with E-state index in [0.29, 0.717) is 109 Å². The summed E-state index contributed by atoms with van der Waals surface area (Å²) in [6.07, 6.45) is -2.89. The van der Waals surface area contributed by atoms with E-state index in [1.54, 1.807) is 24.3 Å². The number of rotatable bonds is 30. The highest BCUT2D eigenvalue weighted by Gasteiger charge is 2.45. The molecule has 1 atom stereocenters. The number of alkyl halides is 3. The maximum atomic E-state index is 13.9. The van der Waals surface area contributed by atoms with Crippen LogP contribution in [0.1, 0.15) is 67.9 Å². The molecule has 4 aliphatic rings. The highest BCUT2D eigenvalue weighted by molar-refractivity contribution is 6.25. The van der Waals surface area contributed by atoms with Gasteiger partial charge < -0.3 is 59.3 Å². The van der Waals surface area contributed by atoms with Crippen molar-refractivity contribution in [3.63, 3.8) is 0 Å². The normalized spacial score (nSPS) is 17.2. The van der Waals surface area contributed by atoms with Gasteiger partial charge in [0.1, 0.15) is 6.04 Å². The van der Waals surface area contributed by atoms with Gasteiger partial charge >= 0.3 is 6.18 Å². The number of carbonyl (C=O) groups is 6. The second kappa shape index (κ2) is 30.5. The van der Waals surface area contributed by atoms with Crippen LogP contribution in [0.4, 0.5) is 30.2 Å². The standard InChI is InChI=1S/C58H73F3N10O12/c1-67-17-23-70(24-18-67)48-10-9-42(36-47(48)65-54(75)44-38-64-52(74)37-45(44)58(59,60)61)41-6-2-5-40(35-41)39-69-21-19-68(20-22-69)16-4-14-63-50(72)13-25-79-27-29-81-31-33-83-34-32-82-30-28-80-26-15-62-46-8-3-7-43-53(46)57(78)71(56(43)77)49-11-12-51(73)66-55(49)76/h2-3,5-10,35-38,49,62H,4,11-34,39H2,1H3,(H,63,72)(H,64,74)(H,65,75)(H,66,73,76). The van der Waals surface area contributed by atoms with E-state index in [9.17, 15) is 46.7 Å². The first-order valence-corrected chi connectivity index (χ1v) is 28.1. The summed E-state index contributed by atoms with van der Waals surface area (Å²) in [7, 11) is 2.02. The number of nitrogens with zero attached hydrogens (tertiary/aromatic N) is 5. The molecule has 83 heavy (non-hydrogen) atoms. The van der Waals surface area contributed by atoms with Crippen LogP contribution in [-0.4, -0.2) is 211 Å². The lowest BCUT2D eigenvalue weighted by molar-refractivity contribution is -0.138. The first-order valence-electron chi connectivity index (χ1n) is 28.1. The molecule has 0 radical (unpaired) electrons. The predicted octanol–water partition coefficient (Wildman–Crippen LogP) is 3.68. The van der Waals surface area contributed by atoms with Crippen molar-refractivity contribution in [3.05, 3.63) is 111 Å². The number of pyridine rings is 1. The molecule has 5 N–H and O–H groups in total. The molecule has 0 aliphatic carbocycles. The number of piperazine rings is 2. The minimum atomic E-state index is -4.90. The van der Waals surface area contributed by atoms with Crippen molar-refractivity contribution in [2.75, 3.05) is 161 Å². The monoisotopic (exact) mass is 1160 g/mol.